The molecule has 11 heteroatoms. The average Bonchev–Trinajstić information content (AvgIpc) is 2.72. The highest BCUT2D eigenvalue weighted by Gasteiger charge is 2.29. The summed E-state index contributed by atoms with van der Waals surface area (Å²) in [4.78, 5) is 59.5. The number of ether oxygens (including phenoxy) is 2. The van der Waals surface area contributed by atoms with E-state index < -0.39 is 67.2 Å². The maximum absolute atomic E-state index is 12.7. The van der Waals surface area contributed by atoms with Crippen LogP contribution in [0.3, 0.4) is 0 Å². The van der Waals surface area contributed by atoms with Crippen molar-refractivity contribution in [3.63, 3.8) is 0 Å². The number of aliphatic carboxylic acids is 1. The van der Waals surface area contributed by atoms with Gasteiger partial charge in [-0.2, -0.15) is 0 Å². The molecule has 180 valence electrons. The largest absolute Gasteiger partial charge is 0.481 e. The van der Waals surface area contributed by atoms with Crippen molar-refractivity contribution in [3.05, 3.63) is 24.3 Å². The van der Waals surface area contributed by atoms with E-state index in [-0.39, 0.29) is 17.6 Å². The lowest BCUT2D eigenvalue weighted by Gasteiger charge is -2.22. The molecule has 32 heavy (non-hydrogen) atoms. The van der Waals surface area contributed by atoms with Gasteiger partial charge in [0.15, 0.2) is 5.78 Å². The van der Waals surface area contributed by atoms with E-state index in [2.05, 4.69) is 18.5 Å². The summed E-state index contributed by atoms with van der Waals surface area (Å²) in [6, 6.07) is -2.27. The zero-order valence-corrected chi connectivity index (χ0v) is 18.6. The van der Waals surface area contributed by atoms with Crippen LogP contribution in [0.4, 0.5) is 0 Å². The van der Waals surface area contributed by atoms with Gasteiger partial charge in [-0.1, -0.05) is 13.2 Å². The van der Waals surface area contributed by atoms with Gasteiger partial charge in [-0.3, -0.25) is 14.4 Å². The zero-order valence-electron chi connectivity index (χ0n) is 18.6. The third-order valence-electron chi connectivity index (χ3n) is 4.29. The highest BCUT2D eigenvalue weighted by molar-refractivity contribution is 5.93. The molecule has 0 bridgehead atoms. The Kier molecular flexibility index (Phi) is 13.5. The number of esters is 2. The lowest BCUT2D eigenvalue weighted by atomic mass is 9.95. The fourth-order valence-electron chi connectivity index (χ4n) is 2.35. The van der Waals surface area contributed by atoms with Crippen molar-refractivity contribution in [3.8, 4) is 0 Å². The van der Waals surface area contributed by atoms with Gasteiger partial charge in [0.1, 0.15) is 19.3 Å². The van der Waals surface area contributed by atoms with Gasteiger partial charge >= 0.3 is 17.9 Å². The van der Waals surface area contributed by atoms with Gasteiger partial charge < -0.3 is 31.4 Å². The number of carbonyl (C=O) groups excluding carboxylic acids is 4. The topological polar surface area (TPSA) is 188 Å². The molecule has 0 aromatic heterocycles. The molecule has 6 N–H and O–H groups in total. The van der Waals surface area contributed by atoms with Crippen molar-refractivity contribution in [2.24, 2.45) is 17.4 Å². The van der Waals surface area contributed by atoms with Crippen LogP contribution in [-0.2, 0) is 33.4 Å². The summed E-state index contributed by atoms with van der Waals surface area (Å²) < 4.78 is 9.69. The minimum atomic E-state index is -1.33. The van der Waals surface area contributed by atoms with Crippen molar-refractivity contribution in [1.82, 2.24) is 5.32 Å². The van der Waals surface area contributed by atoms with E-state index in [9.17, 15) is 29.1 Å². The van der Waals surface area contributed by atoms with Crippen molar-refractivity contribution in [1.29, 1.82) is 0 Å². The number of nitrogens with one attached hydrogen (secondary N) is 1. The first kappa shape index (κ1) is 28.9. The van der Waals surface area contributed by atoms with Crippen LogP contribution < -0.4 is 16.8 Å². The summed E-state index contributed by atoms with van der Waals surface area (Å²) in [6.45, 7) is 9.09. The van der Waals surface area contributed by atoms with Gasteiger partial charge in [0.2, 0.25) is 5.91 Å². The summed E-state index contributed by atoms with van der Waals surface area (Å²) in [5.41, 5.74) is 11.4. The molecule has 3 atom stereocenters. The Balaban J connectivity index is 5.13. The molecule has 0 heterocycles. The molecular formula is C21H33N3O8. The average molecular weight is 456 g/mol. The Morgan fingerprint density at radius 3 is 1.97 bits per heavy atom. The maximum atomic E-state index is 12.7. The Morgan fingerprint density at radius 2 is 1.50 bits per heavy atom. The third kappa shape index (κ3) is 11.4. The molecule has 0 fully saturated rings. The fourth-order valence-corrected chi connectivity index (χ4v) is 2.35. The van der Waals surface area contributed by atoms with Crippen LogP contribution in [0.25, 0.3) is 0 Å². The van der Waals surface area contributed by atoms with Crippen molar-refractivity contribution in [2.45, 2.75) is 51.6 Å². The zero-order chi connectivity index (χ0) is 24.8. The second-order valence-corrected chi connectivity index (χ2v) is 7.42. The molecule has 0 saturated heterocycles. The van der Waals surface area contributed by atoms with Gasteiger partial charge in [0.25, 0.3) is 0 Å². The van der Waals surface area contributed by atoms with Gasteiger partial charge in [0.05, 0.1) is 12.0 Å². The van der Waals surface area contributed by atoms with E-state index in [4.69, 9.17) is 20.9 Å². The first-order valence-electron chi connectivity index (χ1n) is 10.1. The molecule has 11 nitrogen and oxygen atoms in total. The fraction of sp³-hybridized carbons (Fsp3) is 0.571. The van der Waals surface area contributed by atoms with Crippen LogP contribution in [0.2, 0.25) is 0 Å². The van der Waals surface area contributed by atoms with Crippen molar-refractivity contribution in [2.75, 3.05) is 19.8 Å². The SMILES string of the molecule is C=C(C)C(=O)OC[C@H](CC(=O)[C@H](CCCCN)NC(=O)[C@@H](N)COC(=O)C(=C)C)C(=O)O. The number of ketones is 1. The standard InChI is InChI=1S/C21H33N3O8/c1-12(2)20(29)31-10-14(19(27)28)9-17(25)16(7-5-6-8-22)24-18(26)15(23)11-32-21(30)13(3)4/h14-16H,1,3,5-11,22-23H2,2,4H3,(H,24,26)(H,27,28)/t14-,15-,16-/m0/s1. The summed E-state index contributed by atoms with van der Waals surface area (Å²) in [6.07, 6.45) is 0.806. The van der Waals surface area contributed by atoms with Gasteiger partial charge in [-0.25, -0.2) is 9.59 Å². The quantitative estimate of drug-likeness (QED) is 0.138. The van der Waals surface area contributed by atoms with E-state index in [1.54, 1.807) is 0 Å². The molecule has 0 aliphatic carbocycles. The van der Waals surface area contributed by atoms with E-state index in [0.29, 0.717) is 19.4 Å². The number of nitrogens with two attached hydrogens (primary N) is 2. The van der Waals surface area contributed by atoms with Gasteiger partial charge in [0, 0.05) is 17.6 Å². The molecule has 0 aromatic rings. The highest BCUT2D eigenvalue weighted by atomic mass is 16.5. The Morgan fingerprint density at radius 1 is 0.969 bits per heavy atom. The first-order chi connectivity index (χ1) is 14.9. The van der Waals surface area contributed by atoms with Gasteiger partial charge in [-0.15, -0.1) is 0 Å². The number of Topliss-reactive ketones (excluding diaryl/α,β-unsaturated/α-hetero) is 1. The summed E-state index contributed by atoms with van der Waals surface area (Å²) >= 11 is 0. The Bertz CT molecular complexity index is 735. The number of carboxylic acid groups (broad SMARTS) is 1. The van der Waals surface area contributed by atoms with Crippen LogP contribution in [-0.4, -0.2) is 66.5 Å². The Hall–Kier alpha value is -3.05. The summed E-state index contributed by atoms with van der Waals surface area (Å²) in [7, 11) is 0. The predicted molar refractivity (Wildman–Crippen MR) is 115 cm³/mol. The van der Waals surface area contributed by atoms with Crippen molar-refractivity contribution < 1.29 is 38.6 Å². The van der Waals surface area contributed by atoms with E-state index in [0.717, 1.165) is 0 Å². The third-order valence-corrected chi connectivity index (χ3v) is 4.29. The van der Waals surface area contributed by atoms with Crippen LogP contribution in [0, 0.1) is 5.92 Å². The molecule has 0 aliphatic rings. The number of hydrogen-bond donors (Lipinski definition) is 4. The molecule has 0 saturated carbocycles. The van der Waals surface area contributed by atoms with E-state index in [1.807, 2.05) is 0 Å². The smallest absolute Gasteiger partial charge is 0.333 e. The number of unbranched alkanes of at least 4 members (excludes halogenated alkanes) is 1. The van der Waals surface area contributed by atoms with E-state index in [1.165, 1.54) is 13.8 Å². The second-order valence-electron chi connectivity index (χ2n) is 7.42. The first-order valence-corrected chi connectivity index (χ1v) is 10.1. The molecule has 0 aliphatic heterocycles. The van der Waals surface area contributed by atoms with Crippen LogP contribution >= 0.6 is 0 Å². The molecule has 0 aromatic carbocycles. The highest BCUT2D eigenvalue weighted by Crippen LogP contribution is 2.12. The van der Waals surface area contributed by atoms with Crippen LogP contribution in [0.5, 0.6) is 0 Å². The minimum Gasteiger partial charge on any atom is -0.481 e. The molecule has 0 spiro atoms. The number of carboxylic acids is 1. The van der Waals surface area contributed by atoms with Crippen LogP contribution in [0.1, 0.15) is 39.5 Å². The lowest BCUT2D eigenvalue weighted by Crippen LogP contribution is -2.50. The normalized spacial score (nSPS) is 13.2. The number of hydrogen-bond acceptors (Lipinski definition) is 9. The second kappa shape index (κ2) is 14.9. The molecule has 0 rings (SSSR count). The van der Waals surface area contributed by atoms with Crippen molar-refractivity contribution >= 4 is 29.6 Å². The molecular weight excluding hydrogens is 422 g/mol. The lowest BCUT2D eigenvalue weighted by molar-refractivity contribution is -0.150. The summed E-state index contributed by atoms with van der Waals surface area (Å²) in [5.74, 6) is -5.43. The number of rotatable bonds is 16. The maximum Gasteiger partial charge on any atom is 0.333 e. The summed E-state index contributed by atoms with van der Waals surface area (Å²) in [5, 5.41) is 11.8. The molecule has 0 unspecified atom stereocenters. The van der Waals surface area contributed by atoms with Crippen LogP contribution in [0.15, 0.2) is 24.3 Å². The minimum absolute atomic E-state index is 0.0914. The number of carbonyl (C=O) groups is 5. The van der Waals surface area contributed by atoms with Gasteiger partial charge in [-0.05, 0) is 39.7 Å². The predicted octanol–water partition coefficient (Wildman–Crippen LogP) is -0.174. The molecule has 1 amide bonds. The monoisotopic (exact) mass is 455 g/mol. The number of amides is 1. The molecule has 0 radical (unpaired) electrons. The Labute approximate surface area is 187 Å². The van der Waals surface area contributed by atoms with E-state index >= 15 is 0 Å².